The summed E-state index contributed by atoms with van der Waals surface area (Å²) in [6, 6.07) is 17.9. The summed E-state index contributed by atoms with van der Waals surface area (Å²) in [5.41, 5.74) is 2.21. The second-order valence-corrected chi connectivity index (χ2v) is 6.67. The maximum atomic E-state index is 6.13. The van der Waals surface area contributed by atoms with Gasteiger partial charge in [0.05, 0.1) is 0 Å². The highest BCUT2D eigenvalue weighted by Crippen LogP contribution is 2.20. The minimum absolute atomic E-state index is 0.669. The summed E-state index contributed by atoms with van der Waals surface area (Å²) >= 11 is 13.3. The Morgan fingerprint density at radius 1 is 1.05 bits per heavy atom. The minimum atomic E-state index is 0.669. The van der Waals surface area contributed by atoms with Crippen LogP contribution in [-0.4, -0.2) is 17.4 Å². The summed E-state index contributed by atoms with van der Waals surface area (Å²) < 4.78 is 0. The first-order valence-corrected chi connectivity index (χ1v) is 9.11. The number of nitrogens with one attached hydrogen (secondary N) is 2. The van der Waals surface area contributed by atoms with Crippen molar-refractivity contribution < 1.29 is 0 Å². The van der Waals surface area contributed by atoms with Crippen molar-refractivity contribution in [3.8, 4) is 0 Å². The Labute approximate surface area is 146 Å². The van der Waals surface area contributed by atoms with Crippen molar-refractivity contribution in [3.05, 3.63) is 65.2 Å². The van der Waals surface area contributed by atoms with Crippen molar-refractivity contribution in [1.29, 1.82) is 0 Å². The van der Waals surface area contributed by atoms with Gasteiger partial charge >= 0.3 is 0 Å². The third kappa shape index (κ3) is 6.26. The van der Waals surface area contributed by atoms with Gasteiger partial charge in [0.1, 0.15) is 0 Å². The van der Waals surface area contributed by atoms with E-state index < -0.39 is 0 Å². The van der Waals surface area contributed by atoms with Crippen molar-refractivity contribution in [2.45, 2.75) is 12.2 Å². The molecule has 0 aliphatic carbocycles. The third-order valence-corrected chi connectivity index (χ3v) is 4.71. The number of rotatable bonds is 7. The highest BCUT2D eigenvalue weighted by molar-refractivity contribution is 7.98. The maximum Gasteiger partial charge on any atom is 0.170 e. The molecule has 5 heteroatoms. The predicted molar refractivity (Wildman–Crippen MR) is 103 cm³/mol. The Hall–Kier alpha value is -1.23. The van der Waals surface area contributed by atoms with E-state index in [1.54, 1.807) is 0 Å². The van der Waals surface area contributed by atoms with Crippen LogP contribution in [0.1, 0.15) is 12.0 Å². The van der Waals surface area contributed by atoms with Crippen molar-refractivity contribution in [1.82, 2.24) is 5.32 Å². The molecule has 0 saturated heterocycles. The molecular weight excluding hydrogens is 332 g/mol. The fourth-order valence-corrected chi connectivity index (χ4v) is 3.34. The number of anilines is 1. The number of hydrogen-bond acceptors (Lipinski definition) is 2. The number of hydrogen-bond donors (Lipinski definition) is 2. The Bertz CT molecular complexity index is 590. The lowest BCUT2D eigenvalue weighted by atomic mass is 10.2. The molecule has 0 unspecified atom stereocenters. The fraction of sp³-hybridized carbons (Fsp3) is 0.235. The van der Waals surface area contributed by atoms with Gasteiger partial charge in [0.2, 0.25) is 0 Å². The molecule has 2 aromatic rings. The molecule has 0 radical (unpaired) electrons. The second kappa shape index (κ2) is 9.72. The molecule has 0 aromatic heterocycles. The van der Waals surface area contributed by atoms with Crippen LogP contribution in [0.2, 0.25) is 5.02 Å². The average Bonchev–Trinajstić information content (AvgIpc) is 2.53. The van der Waals surface area contributed by atoms with Gasteiger partial charge in [-0.3, -0.25) is 0 Å². The minimum Gasteiger partial charge on any atom is -0.362 e. The summed E-state index contributed by atoms with van der Waals surface area (Å²) in [7, 11) is 0. The number of benzene rings is 2. The van der Waals surface area contributed by atoms with E-state index in [0.717, 1.165) is 35.2 Å². The normalized spacial score (nSPS) is 10.2. The van der Waals surface area contributed by atoms with E-state index in [-0.39, 0.29) is 0 Å². The molecule has 22 heavy (non-hydrogen) atoms. The largest absolute Gasteiger partial charge is 0.362 e. The van der Waals surface area contributed by atoms with E-state index in [9.17, 15) is 0 Å². The van der Waals surface area contributed by atoms with Crippen LogP contribution in [0.25, 0.3) is 0 Å². The number of thiocarbonyl (C=S) groups is 1. The van der Waals surface area contributed by atoms with Gasteiger partial charge in [0, 0.05) is 23.0 Å². The smallest absolute Gasteiger partial charge is 0.170 e. The van der Waals surface area contributed by atoms with Crippen LogP contribution in [0.3, 0.4) is 0 Å². The maximum absolute atomic E-state index is 6.13. The molecule has 2 nitrogen and oxygen atoms in total. The molecule has 0 aliphatic heterocycles. The number of para-hydroxylation sites is 1. The van der Waals surface area contributed by atoms with Crippen LogP contribution < -0.4 is 10.6 Å². The zero-order valence-electron chi connectivity index (χ0n) is 12.2. The lowest BCUT2D eigenvalue weighted by Crippen LogP contribution is -2.29. The molecule has 0 spiro atoms. The quantitative estimate of drug-likeness (QED) is 0.545. The van der Waals surface area contributed by atoms with E-state index in [2.05, 4.69) is 16.7 Å². The fourth-order valence-electron chi connectivity index (χ4n) is 1.87. The van der Waals surface area contributed by atoms with E-state index in [1.165, 1.54) is 5.56 Å². The van der Waals surface area contributed by atoms with Gasteiger partial charge in [-0.1, -0.05) is 48.0 Å². The lowest BCUT2D eigenvalue weighted by molar-refractivity contribution is 0.854. The molecule has 0 amide bonds. The van der Waals surface area contributed by atoms with E-state index in [4.69, 9.17) is 23.8 Å². The van der Waals surface area contributed by atoms with Gasteiger partial charge in [-0.15, -0.1) is 0 Å². The summed E-state index contributed by atoms with van der Waals surface area (Å²) in [6.07, 6.45) is 1.06. The van der Waals surface area contributed by atoms with Gasteiger partial charge < -0.3 is 10.6 Å². The molecule has 2 rings (SSSR count). The standard InChI is InChI=1S/C17H19ClN2S2/c18-16-10-5-4-7-14(16)13-22-12-6-11-19-17(21)20-15-8-2-1-3-9-15/h1-5,7-10H,6,11-13H2,(H2,19,20,21). The molecule has 2 aromatic carbocycles. The molecule has 0 atom stereocenters. The van der Waals surface area contributed by atoms with Crippen molar-refractivity contribution in [2.75, 3.05) is 17.6 Å². The van der Waals surface area contributed by atoms with Gasteiger partial charge in [-0.25, -0.2) is 0 Å². The molecular formula is C17H19ClN2S2. The predicted octanol–water partition coefficient (Wildman–Crippen LogP) is 4.95. The van der Waals surface area contributed by atoms with Gasteiger partial charge in [-0.05, 0) is 48.2 Å². The highest BCUT2D eigenvalue weighted by atomic mass is 35.5. The van der Waals surface area contributed by atoms with Crippen LogP contribution >= 0.6 is 35.6 Å². The zero-order chi connectivity index (χ0) is 15.6. The number of thioether (sulfide) groups is 1. The second-order valence-electron chi connectivity index (χ2n) is 4.74. The molecule has 0 fully saturated rings. The first-order chi connectivity index (χ1) is 10.8. The summed E-state index contributed by atoms with van der Waals surface area (Å²) in [6.45, 7) is 0.869. The lowest BCUT2D eigenvalue weighted by Gasteiger charge is -2.10. The Balaban J connectivity index is 1.56. The van der Waals surface area contributed by atoms with Crippen molar-refractivity contribution in [2.24, 2.45) is 0 Å². The Kier molecular flexibility index (Phi) is 7.57. The highest BCUT2D eigenvalue weighted by Gasteiger charge is 1.99. The first-order valence-electron chi connectivity index (χ1n) is 7.17. The monoisotopic (exact) mass is 350 g/mol. The summed E-state index contributed by atoms with van der Waals surface area (Å²) in [4.78, 5) is 0. The summed E-state index contributed by atoms with van der Waals surface area (Å²) in [5.74, 6) is 2.03. The molecule has 0 aliphatic rings. The van der Waals surface area contributed by atoms with Crippen LogP contribution in [0.15, 0.2) is 54.6 Å². The van der Waals surface area contributed by atoms with Crippen LogP contribution in [0, 0.1) is 0 Å². The molecule has 116 valence electrons. The van der Waals surface area contributed by atoms with Gasteiger partial charge in [0.15, 0.2) is 5.11 Å². The van der Waals surface area contributed by atoms with Gasteiger partial charge in [-0.2, -0.15) is 11.8 Å². The summed E-state index contributed by atoms with van der Waals surface area (Å²) in [5, 5.41) is 7.90. The van der Waals surface area contributed by atoms with E-state index >= 15 is 0 Å². The van der Waals surface area contributed by atoms with Crippen molar-refractivity contribution in [3.63, 3.8) is 0 Å². The molecule has 0 bridgehead atoms. The molecule has 0 saturated carbocycles. The molecule has 2 N–H and O–H groups in total. The number of halogens is 1. The van der Waals surface area contributed by atoms with E-state index in [1.807, 2.05) is 60.3 Å². The Morgan fingerprint density at radius 3 is 2.55 bits per heavy atom. The van der Waals surface area contributed by atoms with E-state index in [0.29, 0.717) is 5.11 Å². The third-order valence-electron chi connectivity index (χ3n) is 3.00. The van der Waals surface area contributed by atoms with Crippen LogP contribution in [0.5, 0.6) is 0 Å². The SMILES string of the molecule is S=C(NCCCSCc1ccccc1Cl)Nc1ccccc1. The Morgan fingerprint density at radius 2 is 1.77 bits per heavy atom. The zero-order valence-corrected chi connectivity index (χ0v) is 14.6. The molecule has 0 heterocycles. The van der Waals surface area contributed by atoms with Gasteiger partial charge in [0.25, 0.3) is 0 Å². The van der Waals surface area contributed by atoms with Crippen LogP contribution in [0.4, 0.5) is 5.69 Å². The van der Waals surface area contributed by atoms with Crippen molar-refractivity contribution >= 4 is 46.4 Å². The van der Waals surface area contributed by atoms with Crippen LogP contribution in [-0.2, 0) is 5.75 Å². The first kappa shape index (κ1) is 17.1. The topological polar surface area (TPSA) is 24.1 Å². The average molecular weight is 351 g/mol.